The quantitative estimate of drug-likeness (QED) is 0.0228. The minimum Gasteiger partial charge on any atom is -0.479 e. The van der Waals surface area contributed by atoms with Gasteiger partial charge in [0.2, 0.25) is 0 Å². The summed E-state index contributed by atoms with van der Waals surface area (Å²) < 4.78 is 28.5. The third-order valence-electron chi connectivity index (χ3n) is 14.5. The van der Waals surface area contributed by atoms with E-state index in [1.165, 1.54) is 103 Å². The number of ether oxygens (including phenoxy) is 5. The summed E-state index contributed by atoms with van der Waals surface area (Å²) in [5.74, 6) is -3.13. The maximum absolute atomic E-state index is 13.2. The van der Waals surface area contributed by atoms with Crippen molar-refractivity contribution in [3.05, 3.63) is 60.8 Å². The second-order valence-electron chi connectivity index (χ2n) is 22.0. The number of hydrogen-bond donors (Lipinski definition) is 3. The highest BCUT2D eigenvalue weighted by Gasteiger charge is 2.50. The van der Waals surface area contributed by atoms with Gasteiger partial charge in [-0.05, 0) is 103 Å². The van der Waals surface area contributed by atoms with Gasteiger partial charge in [0.25, 0.3) is 0 Å². The first kappa shape index (κ1) is 73.4. The molecule has 0 aliphatic carbocycles. The first-order valence-corrected chi connectivity index (χ1v) is 32.3. The molecule has 456 valence electrons. The summed E-state index contributed by atoms with van der Waals surface area (Å²) in [4.78, 5) is 51.3. The van der Waals surface area contributed by atoms with Gasteiger partial charge in [-0.25, -0.2) is 4.79 Å². The Morgan fingerprint density at radius 1 is 0.430 bits per heavy atom. The Hall–Kier alpha value is -3.58. The number of carboxylic acids is 1. The lowest BCUT2D eigenvalue weighted by molar-refractivity contribution is -0.301. The molecule has 1 fully saturated rings. The van der Waals surface area contributed by atoms with Crippen LogP contribution in [0.5, 0.6) is 0 Å². The predicted molar refractivity (Wildman–Crippen MR) is 322 cm³/mol. The lowest BCUT2D eigenvalue weighted by Gasteiger charge is -2.40. The number of aliphatic hydroxyl groups is 2. The van der Waals surface area contributed by atoms with Crippen LogP contribution in [-0.2, 0) is 42.9 Å². The highest BCUT2D eigenvalue weighted by molar-refractivity contribution is 5.74. The molecular weight excluding hydrogens is 997 g/mol. The molecule has 3 N–H and O–H groups in total. The Balaban J connectivity index is 2.67. The zero-order valence-electron chi connectivity index (χ0n) is 50.4. The smallest absolute Gasteiger partial charge is 0.335 e. The van der Waals surface area contributed by atoms with Crippen LogP contribution in [0.15, 0.2) is 60.8 Å². The molecule has 1 heterocycles. The molecular formula is C67H116O12. The largest absolute Gasteiger partial charge is 0.479 e. The minimum atomic E-state index is -1.91. The van der Waals surface area contributed by atoms with Gasteiger partial charge in [0.15, 0.2) is 24.6 Å². The van der Waals surface area contributed by atoms with E-state index in [0.29, 0.717) is 19.3 Å². The Morgan fingerprint density at radius 3 is 1.23 bits per heavy atom. The van der Waals surface area contributed by atoms with Crippen molar-refractivity contribution >= 4 is 23.9 Å². The van der Waals surface area contributed by atoms with Crippen LogP contribution >= 0.6 is 0 Å². The van der Waals surface area contributed by atoms with E-state index in [1.807, 2.05) is 0 Å². The van der Waals surface area contributed by atoms with Crippen molar-refractivity contribution in [2.24, 2.45) is 0 Å². The molecule has 1 aliphatic rings. The molecule has 6 unspecified atom stereocenters. The van der Waals surface area contributed by atoms with Crippen molar-refractivity contribution in [3.8, 4) is 0 Å². The van der Waals surface area contributed by atoms with E-state index in [1.54, 1.807) is 0 Å². The van der Waals surface area contributed by atoms with Gasteiger partial charge in [0.05, 0.1) is 6.61 Å². The molecule has 0 aromatic rings. The number of aliphatic hydroxyl groups excluding tert-OH is 2. The number of carbonyl (C=O) groups is 4. The Labute approximate surface area is 481 Å². The lowest BCUT2D eigenvalue weighted by Crippen LogP contribution is -2.61. The maximum Gasteiger partial charge on any atom is 0.335 e. The molecule has 12 nitrogen and oxygen atoms in total. The first-order chi connectivity index (χ1) is 38.6. The molecule has 0 aromatic heterocycles. The number of allylic oxidation sites excluding steroid dienone is 10. The fourth-order valence-corrected chi connectivity index (χ4v) is 9.61. The van der Waals surface area contributed by atoms with Gasteiger partial charge in [0.1, 0.15) is 18.8 Å². The zero-order valence-corrected chi connectivity index (χ0v) is 50.4. The molecule has 1 rings (SSSR count). The zero-order chi connectivity index (χ0) is 57.5. The highest BCUT2D eigenvalue weighted by atomic mass is 16.7. The number of aliphatic carboxylic acids is 1. The van der Waals surface area contributed by atoms with Gasteiger partial charge >= 0.3 is 23.9 Å². The van der Waals surface area contributed by atoms with E-state index in [2.05, 4.69) is 81.5 Å². The van der Waals surface area contributed by atoms with Crippen molar-refractivity contribution < 1.29 is 58.2 Å². The summed E-state index contributed by atoms with van der Waals surface area (Å²) in [6.07, 6.45) is 56.0. The summed E-state index contributed by atoms with van der Waals surface area (Å²) in [6, 6.07) is 0. The first-order valence-electron chi connectivity index (χ1n) is 32.3. The van der Waals surface area contributed by atoms with Crippen LogP contribution in [0.3, 0.4) is 0 Å². The molecule has 0 saturated carbocycles. The van der Waals surface area contributed by atoms with Gasteiger partial charge in [-0.15, -0.1) is 0 Å². The number of unbranched alkanes of at least 4 members (excludes halogenated alkanes) is 31. The molecule has 0 bridgehead atoms. The second kappa shape index (κ2) is 55.0. The molecule has 79 heavy (non-hydrogen) atoms. The Bertz CT molecular complexity index is 1600. The Morgan fingerprint density at radius 2 is 0.797 bits per heavy atom. The SMILES string of the molecule is CC/C=C\C/C=C\C/C=C\CCCCCCCCCC(=O)OC1C(OCC(COC(=O)CCCCCCCCC/C=C\CCCCCCCC)OC(=O)CCCCCCC/C=C\CCCCCCCC)OC(C(=O)O)C(O)C1O. The topological polar surface area (TPSA) is 175 Å². The summed E-state index contributed by atoms with van der Waals surface area (Å²) in [5, 5.41) is 31.6. The van der Waals surface area contributed by atoms with Crippen LogP contribution in [0.1, 0.15) is 290 Å². The van der Waals surface area contributed by atoms with E-state index in [0.717, 1.165) is 128 Å². The van der Waals surface area contributed by atoms with Crippen molar-refractivity contribution in [2.75, 3.05) is 13.2 Å². The minimum absolute atomic E-state index is 0.0479. The van der Waals surface area contributed by atoms with Gasteiger partial charge in [0, 0.05) is 19.3 Å². The summed E-state index contributed by atoms with van der Waals surface area (Å²) in [7, 11) is 0. The number of hydrogen-bond acceptors (Lipinski definition) is 11. The molecule has 0 radical (unpaired) electrons. The van der Waals surface area contributed by atoms with Crippen LogP contribution < -0.4 is 0 Å². The predicted octanol–water partition coefficient (Wildman–Crippen LogP) is 17.1. The number of carboxylic acid groups (broad SMARTS) is 1. The molecule has 1 aliphatic heterocycles. The monoisotopic (exact) mass is 1110 g/mol. The van der Waals surface area contributed by atoms with E-state index >= 15 is 0 Å². The van der Waals surface area contributed by atoms with E-state index in [4.69, 9.17) is 23.7 Å². The third kappa shape index (κ3) is 44.7. The lowest BCUT2D eigenvalue weighted by atomic mass is 9.98. The maximum atomic E-state index is 13.2. The fraction of sp³-hybridized carbons (Fsp3) is 0.791. The van der Waals surface area contributed by atoms with Gasteiger partial charge in [-0.3, -0.25) is 14.4 Å². The Kier molecular flexibility index (Phi) is 51.1. The van der Waals surface area contributed by atoms with Crippen LogP contribution in [0.2, 0.25) is 0 Å². The van der Waals surface area contributed by atoms with Crippen molar-refractivity contribution in [1.29, 1.82) is 0 Å². The number of esters is 3. The van der Waals surface area contributed by atoms with Crippen molar-refractivity contribution in [1.82, 2.24) is 0 Å². The van der Waals surface area contributed by atoms with Gasteiger partial charge in [-0.2, -0.15) is 0 Å². The number of carbonyl (C=O) groups excluding carboxylic acids is 3. The molecule has 0 spiro atoms. The standard InChI is InChI=1S/C67H116O12/c1-4-7-10-13-16-19-22-25-28-30-33-35-38-41-44-47-50-53-59(68)75-56-58(77-60(69)54-51-48-45-42-39-36-32-27-24-21-18-15-12-9-6-3)57-76-67-65(63(72)62(71)64(79-67)66(73)74)78-61(70)55-52-49-46-43-40-37-34-31-29-26-23-20-17-14-11-8-5-2/h8,11,17,20,25-29,32,58,62-65,67,71-72H,4-7,9-10,12-16,18-19,21-24,30-31,33-57H2,1-3H3,(H,73,74)/b11-8-,20-17-,28-25-,29-26-,32-27-. The number of rotatable bonds is 55. The van der Waals surface area contributed by atoms with Crippen molar-refractivity contribution in [2.45, 2.75) is 327 Å². The van der Waals surface area contributed by atoms with E-state index in [9.17, 15) is 34.5 Å². The van der Waals surface area contributed by atoms with Crippen molar-refractivity contribution in [3.63, 3.8) is 0 Å². The summed E-state index contributed by atoms with van der Waals surface area (Å²) in [5.41, 5.74) is 0. The van der Waals surface area contributed by atoms with E-state index in [-0.39, 0.29) is 25.9 Å². The molecule has 0 amide bonds. The summed E-state index contributed by atoms with van der Waals surface area (Å²) in [6.45, 7) is 5.89. The fourth-order valence-electron chi connectivity index (χ4n) is 9.61. The summed E-state index contributed by atoms with van der Waals surface area (Å²) >= 11 is 0. The van der Waals surface area contributed by atoms with Gasteiger partial charge < -0.3 is 39.0 Å². The van der Waals surface area contributed by atoms with E-state index < -0.39 is 67.3 Å². The van der Waals surface area contributed by atoms with Crippen LogP contribution in [0.4, 0.5) is 0 Å². The molecule has 0 aromatic carbocycles. The molecule has 6 atom stereocenters. The van der Waals surface area contributed by atoms with Crippen LogP contribution in [-0.4, -0.2) is 89.2 Å². The van der Waals surface area contributed by atoms with Crippen LogP contribution in [0, 0.1) is 0 Å². The average Bonchev–Trinajstić information content (AvgIpc) is 3.43. The van der Waals surface area contributed by atoms with Crippen LogP contribution in [0.25, 0.3) is 0 Å². The molecule has 12 heteroatoms. The second-order valence-corrected chi connectivity index (χ2v) is 22.0. The van der Waals surface area contributed by atoms with Gasteiger partial charge in [-0.1, -0.05) is 229 Å². The molecule has 1 saturated heterocycles. The normalized spacial score (nSPS) is 18.2. The highest BCUT2D eigenvalue weighted by Crippen LogP contribution is 2.27. The average molecular weight is 1110 g/mol. The third-order valence-corrected chi connectivity index (χ3v) is 14.5.